The van der Waals surface area contributed by atoms with Crippen LogP contribution in [0.25, 0.3) is 43.5 Å². The van der Waals surface area contributed by atoms with Crippen LogP contribution in [0, 0.1) is 0 Å². The van der Waals surface area contributed by atoms with Gasteiger partial charge in [0, 0.05) is 44.9 Å². The highest BCUT2D eigenvalue weighted by Crippen LogP contribution is 2.41. The Labute approximate surface area is 326 Å². The Morgan fingerprint density at radius 1 is 0.327 bits per heavy atom. The van der Waals surface area contributed by atoms with Gasteiger partial charge in [0.25, 0.3) is 0 Å². The van der Waals surface area contributed by atoms with Crippen LogP contribution in [-0.4, -0.2) is 16.1 Å². The first-order chi connectivity index (χ1) is 26.5. The molecule has 0 aliphatic carbocycles. The minimum Gasteiger partial charge on any atom is -0.456 e. The number of anilines is 6. The molecule has 1 aromatic heterocycles. The molecule has 0 saturated carbocycles. The van der Waals surface area contributed by atoms with Crippen molar-refractivity contribution in [3.63, 3.8) is 0 Å². The summed E-state index contributed by atoms with van der Waals surface area (Å²) >= 11 is 0. The fourth-order valence-electron chi connectivity index (χ4n) is 7.79. The SMILES string of the molecule is C[Si](C)(C)c1cccc(N(c2ccccc2)c2ccc3cc4c(cc3c2)oc2cc3cc(N(c5ccccc5)c5cccc([Si](C)(C)C)c5)ccc3cc24)c1. The van der Waals surface area contributed by atoms with Crippen molar-refractivity contribution in [1.82, 2.24) is 0 Å². The van der Waals surface area contributed by atoms with Crippen LogP contribution in [0.2, 0.25) is 39.3 Å². The molecular weight excluding hydrogens is 701 g/mol. The molecule has 0 unspecified atom stereocenters. The summed E-state index contributed by atoms with van der Waals surface area (Å²) < 4.78 is 6.70. The third-order valence-corrected chi connectivity index (χ3v) is 14.9. The van der Waals surface area contributed by atoms with Crippen LogP contribution in [0.15, 0.2) is 174 Å². The molecule has 0 N–H and O–H groups in total. The van der Waals surface area contributed by atoms with E-state index in [9.17, 15) is 0 Å². The molecule has 0 saturated heterocycles. The largest absolute Gasteiger partial charge is 0.456 e. The van der Waals surface area contributed by atoms with Gasteiger partial charge >= 0.3 is 0 Å². The number of rotatable bonds is 8. The summed E-state index contributed by atoms with van der Waals surface area (Å²) in [6.45, 7) is 14.4. The lowest BCUT2D eigenvalue weighted by Gasteiger charge is -2.27. The van der Waals surface area contributed by atoms with Crippen LogP contribution in [0.1, 0.15) is 0 Å². The molecular formula is C50H46N2OSi2. The molecule has 9 rings (SSSR count). The number of furan rings is 1. The van der Waals surface area contributed by atoms with E-state index in [4.69, 9.17) is 4.42 Å². The quantitative estimate of drug-likeness (QED) is 0.144. The topological polar surface area (TPSA) is 19.6 Å². The van der Waals surface area contributed by atoms with Crippen LogP contribution >= 0.6 is 0 Å². The average molecular weight is 747 g/mol. The van der Waals surface area contributed by atoms with Gasteiger partial charge in [-0.3, -0.25) is 0 Å². The third-order valence-electron chi connectivity index (χ3n) is 10.8. The summed E-state index contributed by atoms with van der Waals surface area (Å²) in [5, 5.41) is 9.85. The fourth-order valence-corrected chi connectivity index (χ4v) is 10.1. The summed E-state index contributed by atoms with van der Waals surface area (Å²) in [6.07, 6.45) is 0. The maximum absolute atomic E-state index is 6.70. The number of hydrogen-bond donors (Lipinski definition) is 0. The molecule has 0 amide bonds. The van der Waals surface area contributed by atoms with Crippen molar-refractivity contribution < 1.29 is 4.42 Å². The molecule has 9 aromatic rings. The molecule has 3 nitrogen and oxygen atoms in total. The van der Waals surface area contributed by atoms with E-state index in [1.165, 1.54) is 32.5 Å². The number of nitrogens with zero attached hydrogens (tertiary/aromatic N) is 2. The Kier molecular flexibility index (Phi) is 8.52. The van der Waals surface area contributed by atoms with Crippen molar-refractivity contribution in [2.24, 2.45) is 0 Å². The van der Waals surface area contributed by atoms with E-state index >= 15 is 0 Å². The van der Waals surface area contributed by atoms with Crippen molar-refractivity contribution in [2.45, 2.75) is 39.3 Å². The Hall–Kier alpha value is -5.89. The summed E-state index contributed by atoms with van der Waals surface area (Å²) in [5.74, 6) is 0. The van der Waals surface area contributed by atoms with Crippen molar-refractivity contribution in [2.75, 3.05) is 9.80 Å². The number of hydrogen-bond acceptors (Lipinski definition) is 3. The van der Waals surface area contributed by atoms with Gasteiger partial charge in [0.2, 0.25) is 0 Å². The lowest BCUT2D eigenvalue weighted by Crippen LogP contribution is -2.37. The van der Waals surface area contributed by atoms with Crippen LogP contribution in [0.3, 0.4) is 0 Å². The Morgan fingerprint density at radius 3 is 1.11 bits per heavy atom. The van der Waals surface area contributed by atoms with Crippen molar-refractivity contribution in [1.29, 1.82) is 0 Å². The Morgan fingerprint density at radius 2 is 0.709 bits per heavy atom. The summed E-state index contributed by atoms with van der Waals surface area (Å²) in [7, 11) is -3.02. The van der Waals surface area contributed by atoms with Crippen molar-refractivity contribution in [3.05, 3.63) is 170 Å². The standard InChI is InChI=1S/C50H46N2OSi2/c1-54(2,3)45-21-13-19-41(33-45)51(39-15-9-7-10-16-39)43-25-23-35-29-47-48-30-36-24-26-44(28-38(36)32-50(48)53-49(47)31-37(35)27-43)52(40-17-11-8-12-18-40)42-20-14-22-46(34-42)55(4,5)6/h7-34H,1-6H3. The molecule has 0 aliphatic heterocycles. The van der Waals surface area contributed by atoms with Gasteiger partial charge in [-0.15, -0.1) is 0 Å². The number of fused-ring (bicyclic) bond motifs is 5. The normalized spacial score (nSPS) is 12.2. The van der Waals surface area contributed by atoms with Gasteiger partial charge in [-0.25, -0.2) is 0 Å². The first kappa shape index (κ1) is 34.9. The smallest absolute Gasteiger partial charge is 0.136 e. The van der Waals surface area contributed by atoms with Gasteiger partial charge in [0.05, 0.1) is 16.1 Å². The maximum atomic E-state index is 6.70. The minimum absolute atomic E-state index is 0.899. The zero-order valence-electron chi connectivity index (χ0n) is 32.5. The van der Waals surface area contributed by atoms with E-state index in [0.717, 1.165) is 55.5 Å². The third kappa shape index (κ3) is 6.64. The molecule has 270 valence electrons. The van der Waals surface area contributed by atoms with Gasteiger partial charge in [0.1, 0.15) is 11.2 Å². The monoisotopic (exact) mass is 746 g/mol. The van der Waals surface area contributed by atoms with E-state index in [1.807, 2.05) is 0 Å². The van der Waals surface area contributed by atoms with Gasteiger partial charge in [-0.05, 0) is 119 Å². The van der Waals surface area contributed by atoms with Crippen molar-refractivity contribution in [3.8, 4) is 0 Å². The van der Waals surface area contributed by atoms with E-state index in [0.29, 0.717) is 0 Å². The second-order valence-corrected chi connectivity index (χ2v) is 27.0. The molecule has 0 radical (unpaired) electrons. The highest BCUT2D eigenvalue weighted by molar-refractivity contribution is 6.89. The van der Waals surface area contributed by atoms with Crippen LogP contribution < -0.4 is 20.2 Å². The highest BCUT2D eigenvalue weighted by Gasteiger charge is 2.22. The predicted molar refractivity (Wildman–Crippen MR) is 244 cm³/mol. The van der Waals surface area contributed by atoms with Gasteiger partial charge in [-0.2, -0.15) is 0 Å². The lowest BCUT2D eigenvalue weighted by molar-refractivity contribution is 0.670. The second kappa shape index (κ2) is 13.4. The van der Waals surface area contributed by atoms with Gasteiger partial charge < -0.3 is 14.2 Å². The molecule has 0 atom stereocenters. The minimum atomic E-state index is -1.51. The molecule has 5 heteroatoms. The Balaban J connectivity index is 1.14. The fraction of sp³-hybridized carbons (Fsp3) is 0.120. The summed E-state index contributed by atoms with van der Waals surface area (Å²) in [6, 6.07) is 62.2. The maximum Gasteiger partial charge on any atom is 0.136 e. The Bertz CT molecular complexity index is 2660. The van der Waals surface area contributed by atoms with E-state index in [-0.39, 0.29) is 0 Å². The molecule has 8 aromatic carbocycles. The molecule has 0 bridgehead atoms. The summed E-state index contributed by atoms with van der Waals surface area (Å²) in [4.78, 5) is 4.74. The molecule has 0 spiro atoms. The molecule has 0 aliphatic rings. The molecule has 55 heavy (non-hydrogen) atoms. The lowest BCUT2D eigenvalue weighted by atomic mass is 10.0. The van der Waals surface area contributed by atoms with Crippen molar-refractivity contribution >= 4 is 104 Å². The first-order valence-corrected chi connectivity index (χ1v) is 26.2. The molecule has 1 heterocycles. The van der Waals surface area contributed by atoms with Crippen LogP contribution in [0.4, 0.5) is 34.1 Å². The average Bonchev–Trinajstić information content (AvgIpc) is 3.52. The predicted octanol–water partition coefficient (Wildman–Crippen LogP) is 13.9. The van der Waals surface area contributed by atoms with Crippen LogP contribution in [-0.2, 0) is 0 Å². The van der Waals surface area contributed by atoms with E-state index < -0.39 is 16.1 Å². The second-order valence-electron chi connectivity index (χ2n) is 16.8. The first-order valence-electron chi connectivity index (χ1n) is 19.2. The highest BCUT2D eigenvalue weighted by atomic mass is 28.3. The van der Waals surface area contributed by atoms with Gasteiger partial charge in [0.15, 0.2) is 0 Å². The van der Waals surface area contributed by atoms with E-state index in [1.54, 1.807) is 0 Å². The number of para-hydroxylation sites is 2. The molecule has 0 fully saturated rings. The zero-order chi connectivity index (χ0) is 37.9. The number of benzene rings is 8. The zero-order valence-corrected chi connectivity index (χ0v) is 34.5. The van der Waals surface area contributed by atoms with Crippen LogP contribution in [0.5, 0.6) is 0 Å². The van der Waals surface area contributed by atoms with Gasteiger partial charge in [-0.1, -0.05) is 122 Å². The summed E-state index contributed by atoms with van der Waals surface area (Å²) in [5.41, 5.74) is 8.68. The van der Waals surface area contributed by atoms with E-state index in [2.05, 4.69) is 219 Å².